The predicted octanol–water partition coefficient (Wildman–Crippen LogP) is 4.62. The van der Waals surface area contributed by atoms with Crippen molar-refractivity contribution in [3.05, 3.63) is 60.4 Å². The molecule has 0 heterocycles. The number of aliphatic hydroxyl groups excluding tert-OH is 1. The van der Waals surface area contributed by atoms with E-state index < -0.39 is 0 Å². The van der Waals surface area contributed by atoms with Crippen molar-refractivity contribution >= 4 is 10.8 Å². The van der Waals surface area contributed by atoms with Crippen LogP contribution in [0, 0.1) is 0 Å². The molecule has 0 bridgehead atoms. The number of aliphatic hydroxyl groups is 1. The smallest absolute Gasteiger partial charge is 0.0851 e. The minimum atomic E-state index is 0.295. The lowest BCUT2D eigenvalue weighted by molar-refractivity contribution is 0.385. The average Bonchev–Trinajstić information content (AvgIpc) is 2.34. The fourth-order valence-electron chi connectivity index (χ4n) is 2.05. The van der Waals surface area contributed by atoms with Gasteiger partial charge in [-0.2, -0.15) is 0 Å². The second-order valence-electron chi connectivity index (χ2n) is 4.45. The molecule has 2 aromatic rings. The molecule has 0 unspecified atom stereocenters. The van der Waals surface area contributed by atoms with E-state index in [0.717, 1.165) is 19.3 Å². The lowest BCUT2D eigenvalue weighted by Crippen LogP contribution is -1.87. The Morgan fingerprint density at radius 3 is 2.53 bits per heavy atom. The van der Waals surface area contributed by atoms with Crippen LogP contribution in [0.2, 0.25) is 0 Å². The first-order chi connectivity index (χ1) is 8.25. The number of aryl methyl sites for hydroxylation is 1. The van der Waals surface area contributed by atoms with Gasteiger partial charge < -0.3 is 5.11 Å². The highest BCUT2D eigenvalue weighted by Gasteiger charge is 1.97. The molecular formula is C16H18O. The summed E-state index contributed by atoms with van der Waals surface area (Å²) in [6, 6.07) is 15.0. The second-order valence-corrected chi connectivity index (χ2v) is 4.45. The van der Waals surface area contributed by atoms with Crippen LogP contribution in [-0.2, 0) is 6.42 Å². The van der Waals surface area contributed by atoms with Crippen LogP contribution >= 0.6 is 0 Å². The summed E-state index contributed by atoms with van der Waals surface area (Å²) < 4.78 is 0. The van der Waals surface area contributed by atoms with Crippen molar-refractivity contribution in [2.75, 3.05) is 0 Å². The van der Waals surface area contributed by atoms with Gasteiger partial charge in [-0.1, -0.05) is 49.0 Å². The van der Waals surface area contributed by atoms with Gasteiger partial charge in [0.1, 0.15) is 0 Å². The fraction of sp³-hybridized carbons (Fsp3) is 0.250. The van der Waals surface area contributed by atoms with Crippen LogP contribution in [0.3, 0.4) is 0 Å². The van der Waals surface area contributed by atoms with Gasteiger partial charge in [-0.05, 0) is 35.6 Å². The van der Waals surface area contributed by atoms with Gasteiger partial charge in [-0.3, -0.25) is 0 Å². The molecule has 0 aliphatic rings. The van der Waals surface area contributed by atoms with Crippen LogP contribution in [0.5, 0.6) is 0 Å². The summed E-state index contributed by atoms with van der Waals surface area (Å²) in [5.74, 6) is 0.295. The molecule has 0 saturated carbocycles. The molecule has 2 rings (SSSR count). The van der Waals surface area contributed by atoms with Crippen molar-refractivity contribution in [1.29, 1.82) is 0 Å². The minimum Gasteiger partial charge on any atom is -0.513 e. The maximum Gasteiger partial charge on any atom is 0.0851 e. The summed E-state index contributed by atoms with van der Waals surface area (Å²) >= 11 is 0. The van der Waals surface area contributed by atoms with Gasteiger partial charge in [0.15, 0.2) is 0 Å². The zero-order valence-electron chi connectivity index (χ0n) is 10.0. The van der Waals surface area contributed by atoms with Crippen LogP contribution in [-0.4, -0.2) is 5.11 Å². The Kier molecular flexibility index (Phi) is 3.81. The Morgan fingerprint density at radius 2 is 1.76 bits per heavy atom. The number of benzene rings is 2. The highest BCUT2D eigenvalue weighted by atomic mass is 16.3. The summed E-state index contributed by atoms with van der Waals surface area (Å²) in [5, 5.41) is 11.6. The quantitative estimate of drug-likeness (QED) is 0.582. The number of allylic oxidation sites excluding steroid dienone is 1. The number of rotatable bonds is 5. The SMILES string of the molecule is C=C(O)CCCCc1ccc2ccccc2c1. The van der Waals surface area contributed by atoms with E-state index in [1.807, 2.05) is 0 Å². The molecule has 0 aromatic heterocycles. The van der Waals surface area contributed by atoms with Crippen molar-refractivity contribution in [3.63, 3.8) is 0 Å². The molecule has 0 atom stereocenters. The van der Waals surface area contributed by atoms with E-state index >= 15 is 0 Å². The molecule has 2 aromatic carbocycles. The van der Waals surface area contributed by atoms with E-state index in [1.165, 1.54) is 16.3 Å². The molecule has 0 spiro atoms. The van der Waals surface area contributed by atoms with Gasteiger partial charge in [0.2, 0.25) is 0 Å². The van der Waals surface area contributed by atoms with Crippen molar-refractivity contribution in [2.24, 2.45) is 0 Å². The molecule has 0 radical (unpaired) electrons. The van der Waals surface area contributed by atoms with Crippen LogP contribution in [0.1, 0.15) is 24.8 Å². The molecule has 0 aliphatic carbocycles. The number of hydrogen-bond acceptors (Lipinski definition) is 1. The molecule has 88 valence electrons. The third kappa shape index (κ3) is 3.35. The summed E-state index contributed by atoms with van der Waals surface area (Å²) in [5.41, 5.74) is 1.37. The van der Waals surface area contributed by atoms with Gasteiger partial charge >= 0.3 is 0 Å². The number of hydrogen-bond donors (Lipinski definition) is 1. The molecule has 0 aliphatic heterocycles. The summed E-state index contributed by atoms with van der Waals surface area (Å²) in [6.45, 7) is 3.50. The first-order valence-corrected chi connectivity index (χ1v) is 6.10. The Labute approximate surface area is 102 Å². The Balaban J connectivity index is 1.97. The molecule has 0 saturated heterocycles. The first kappa shape index (κ1) is 11.7. The van der Waals surface area contributed by atoms with Crippen LogP contribution in [0.25, 0.3) is 10.8 Å². The van der Waals surface area contributed by atoms with Crippen LogP contribution in [0.4, 0.5) is 0 Å². The maximum atomic E-state index is 9.00. The van der Waals surface area contributed by atoms with E-state index in [-0.39, 0.29) is 0 Å². The average molecular weight is 226 g/mol. The predicted molar refractivity (Wildman–Crippen MR) is 73.3 cm³/mol. The van der Waals surface area contributed by atoms with E-state index in [2.05, 4.69) is 49.0 Å². The zero-order valence-corrected chi connectivity index (χ0v) is 10.0. The van der Waals surface area contributed by atoms with Gasteiger partial charge in [-0.15, -0.1) is 0 Å². The van der Waals surface area contributed by atoms with Crippen LogP contribution < -0.4 is 0 Å². The van der Waals surface area contributed by atoms with E-state index in [4.69, 9.17) is 5.11 Å². The standard InChI is InChI=1S/C16H18O/c1-13(17)6-2-3-7-14-10-11-15-8-4-5-9-16(15)12-14/h4-5,8-12,17H,1-3,6-7H2. The summed E-state index contributed by atoms with van der Waals surface area (Å²) in [4.78, 5) is 0. The summed E-state index contributed by atoms with van der Waals surface area (Å²) in [6.07, 6.45) is 3.88. The van der Waals surface area contributed by atoms with Crippen molar-refractivity contribution in [3.8, 4) is 0 Å². The zero-order chi connectivity index (χ0) is 12.1. The first-order valence-electron chi connectivity index (χ1n) is 6.10. The van der Waals surface area contributed by atoms with Gasteiger partial charge in [0.05, 0.1) is 5.76 Å². The topological polar surface area (TPSA) is 20.2 Å². The normalized spacial score (nSPS) is 10.6. The monoisotopic (exact) mass is 226 g/mol. The van der Waals surface area contributed by atoms with Gasteiger partial charge in [0.25, 0.3) is 0 Å². The molecule has 1 nitrogen and oxygen atoms in total. The molecule has 0 amide bonds. The molecule has 0 fully saturated rings. The Bertz CT molecular complexity index is 514. The van der Waals surface area contributed by atoms with E-state index in [0.29, 0.717) is 12.2 Å². The minimum absolute atomic E-state index is 0.295. The Hall–Kier alpha value is -1.76. The number of unbranched alkanes of at least 4 members (excludes halogenated alkanes) is 1. The lowest BCUT2D eigenvalue weighted by atomic mass is 10.0. The van der Waals surface area contributed by atoms with Crippen molar-refractivity contribution in [2.45, 2.75) is 25.7 Å². The van der Waals surface area contributed by atoms with Crippen molar-refractivity contribution in [1.82, 2.24) is 0 Å². The molecule has 17 heavy (non-hydrogen) atoms. The fourth-order valence-corrected chi connectivity index (χ4v) is 2.05. The third-order valence-corrected chi connectivity index (χ3v) is 2.99. The second kappa shape index (κ2) is 5.53. The maximum absolute atomic E-state index is 9.00. The van der Waals surface area contributed by atoms with E-state index in [9.17, 15) is 0 Å². The van der Waals surface area contributed by atoms with Crippen molar-refractivity contribution < 1.29 is 5.11 Å². The third-order valence-electron chi connectivity index (χ3n) is 2.99. The molecule has 1 N–H and O–H groups in total. The number of fused-ring (bicyclic) bond motifs is 1. The van der Waals surface area contributed by atoms with E-state index in [1.54, 1.807) is 0 Å². The Morgan fingerprint density at radius 1 is 1.00 bits per heavy atom. The highest BCUT2D eigenvalue weighted by molar-refractivity contribution is 5.82. The lowest BCUT2D eigenvalue weighted by Gasteiger charge is -2.04. The molecule has 1 heteroatoms. The van der Waals surface area contributed by atoms with Gasteiger partial charge in [-0.25, -0.2) is 0 Å². The summed E-state index contributed by atoms with van der Waals surface area (Å²) in [7, 11) is 0. The van der Waals surface area contributed by atoms with Gasteiger partial charge in [0, 0.05) is 6.42 Å². The largest absolute Gasteiger partial charge is 0.513 e. The highest BCUT2D eigenvalue weighted by Crippen LogP contribution is 2.17. The molecular weight excluding hydrogens is 208 g/mol. The van der Waals surface area contributed by atoms with Crippen LogP contribution in [0.15, 0.2) is 54.8 Å².